The highest BCUT2D eigenvalue weighted by Crippen LogP contribution is 2.35. The Morgan fingerprint density at radius 2 is 1.79 bits per heavy atom. The summed E-state index contributed by atoms with van der Waals surface area (Å²) in [7, 11) is 1.35. The van der Waals surface area contributed by atoms with Crippen LogP contribution in [0.15, 0.2) is 43.8 Å². The fourth-order valence-corrected chi connectivity index (χ4v) is 6.86. The molecule has 9 nitrogen and oxygen atoms in total. The predicted octanol–water partition coefficient (Wildman–Crippen LogP) is 4.89. The summed E-state index contributed by atoms with van der Waals surface area (Å²) in [5.41, 5.74) is 3.30. The third-order valence-electron chi connectivity index (χ3n) is 6.19. The number of aromatic nitrogens is 2. The van der Waals surface area contributed by atoms with Crippen LogP contribution in [0.25, 0.3) is 11.1 Å². The second-order valence-corrected chi connectivity index (χ2v) is 12.6. The number of esters is 1. The van der Waals surface area contributed by atoms with Gasteiger partial charge in [-0.25, -0.2) is 14.8 Å². The van der Waals surface area contributed by atoms with Crippen molar-refractivity contribution >= 4 is 63.9 Å². The van der Waals surface area contributed by atoms with Crippen LogP contribution >= 0.6 is 35.3 Å². The van der Waals surface area contributed by atoms with E-state index in [9.17, 15) is 9.59 Å². The molecule has 1 amide bonds. The van der Waals surface area contributed by atoms with Gasteiger partial charge in [0, 0.05) is 49.1 Å². The van der Waals surface area contributed by atoms with Crippen molar-refractivity contribution in [3.63, 3.8) is 0 Å². The second kappa shape index (κ2) is 14.4. The lowest BCUT2D eigenvalue weighted by Gasteiger charge is -2.34. The van der Waals surface area contributed by atoms with Gasteiger partial charge in [0.15, 0.2) is 5.58 Å². The number of hydrogen-bond acceptors (Lipinski definition) is 11. The summed E-state index contributed by atoms with van der Waals surface area (Å²) in [6.07, 6.45) is 0. The van der Waals surface area contributed by atoms with E-state index < -0.39 is 5.97 Å². The number of oxazole rings is 1. The molecule has 0 unspecified atom stereocenters. The van der Waals surface area contributed by atoms with Crippen molar-refractivity contribution in [1.29, 1.82) is 0 Å². The Morgan fingerprint density at radius 1 is 1.05 bits per heavy atom. The first-order chi connectivity index (χ1) is 18.9. The van der Waals surface area contributed by atoms with Crippen LogP contribution in [0, 0.1) is 6.92 Å². The summed E-state index contributed by atoms with van der Waals surface area (Å²) in [6, 6.07) is 7.33. The van der Waals surface area contributed by atoms with E-state index in [-0.39, 0.29) is 5.91 Å². The summed E-state index contributed by atoms with van der Waals surface area (Å²) >= 11 is 4.93. The van der Waals surface area contributed by atoms with Gasteiger partial charge in [0.05, 0.1) is 19.3 Å². The first-order valence-corrected chi connectivity index (χ1v) is 16.0. The van der Waals surface area contributed by atoms with Crippen LogP contribution in [-0.2, 0) is 9.53 Å². The number of rotatable bonds is 12. The fourth-order valence-electron chi connectivity index (χ4n) is 4.32. The molecule has 0 bridgehead atoms. The Balaban J connectivity index is 1.24. The maximum atomic E-state index is 13.0. The zero-order chi connectivity index (χ0) is 27.8. The van der Waals surface area contributed by atoms with Crippen LogP contribution in [-0.4, -0.2) is 95.3 Å². The van der Waals surface area contributed by atoms with Crippen molar-refractivity contribution in [3.8, 4) is 0 Å². The van der Waals surface area contributed by atoms with Gasteiger partial charge < -0.3 is 14.5 Å². The number of amides is 1. The summed E-state index contributed by atoms with van der Waals surface area (Å²) in [5.74, 6) is 2.22. The molecule has 3 aromatic rings. The molecule has 1 fully saturated rings. The fraction of sp³-hybridized carbons (Fsp3) is 0.481. The molecular formula is C27H35N5O4S3. The highest BCUT2D eigenvalue weighted by molar-refractivity contribution is 8.00. The first kappa shape index (κ1) is 29.7. The molecule has 1 saturated heterocycles. The molecule has 0 aliphatic carbocycles. The average molecular weight is 590 g/mol. The van der Waals surface area contributed by atoms with Crippen molar-refractivity contribution in [2.24, 2.45) is 0 Å². The van der Waals surface area contributed by atoms with E-state index in [0.29, 0.717) is 28.4 Å². The van der Waals surface area contributed by atoms with Gasteiger partial charge in [0.2, 0.25) is 5.91 Å². The van der Waals surface area contributed by atoms with Crippen LogP contribution < -0.4 is 5.32 Å². The summed E-state index contributed by atoms with van der Waals surface area (Å²) in [6.45, 7) is 10.9. The number of piperazine rings is 1. The molecule has 0 spiro atoms. The van der Waals surface area contributed by atoms with Gasteiger partial charge in [-0.1, -0.05) is 31.7 Å². The quantitative estimate of drug-likeness (QED) is 0.231. The van der Waals surface area contributed by atoms with E-state index in [0.717, 1.165) is 71.3 Å². The number of carbonyl (C=O) groups excluding carboxylic acids is 2. The number of hydrogen-bond donors (Lipinski definition) is 1. The maximum Gasteiger partial charge on any atom is 0.341 e. The van der Waals surface area contributed by atoms with Crippen LogP contribution in [0.2, 0.25) is 0 Å². The Kier molecular flexibility index (Phi) is 11.0. The topological polar surface area (TPSA) is 101 Å². The monoisotopic (exact) mass is 589 g/mol. The molecule has 12 heteroatoms. The summed E-state index contributed by atoms with van der Waals surface area (Å²) < 4.78 is 10.7. The molecule has 1 aromatic carbocycles. The zero-order valence-corrected chi connectivity index (χ0v) is 25.3. The molecule has 1 N–H and O–H groups in total. The van der Waals surface area contributed by atoms with Gasteiger partial charge in [-0.3, -0.25) is 14.6 Å². The van der Waals surface area contributed by atoms with Crippen LogP contribution in [0.3, 0.4) is 0 Å². The van der Waals surface area contributed by atoms with E-state index in [1.807, 2.05) is 13.0 Å². The van der Waals surface area contributed by atoms with E-state index >= 15 is 0 Å². The number of pyridine rings is 1. The SMILES string of the molecule is CCSc1cc(C)nc(SCC)c1NC(=O)CN1CCN(CCSc2nc3cccc(C(=O)OC)c3o2)CC1. The highest BCUT2D eigenvalue weighted by atomic mass is 32.2. The van der Waals surface area contributed by atoms with E-state index in [1.165, 1.54) is 18.9 Å². The number of anilines is 1. The molecule has 0 radical (unpaired) electrons. The largest absolute Gasteiger partial charge is 0.465 e. The standard InChI is InChI=1S/C27H35N5O4S3/c1-5-37-21-16-18(3)28-25(38-6-2)23(21)30-22(33)17-32-12-10-31(11-13-32)14-15-39-27-29-20-9-7-8-19(24(20)36-27)26(34)35-4/h7-9,16H,5-6,10-15,17H2,1-4H3,(H,30,33). The Hall–Kier alpha value is -2.25. The minimum Gasteiger partial charge on any atom is -0.465 e. The average Bonchev–Trinajstić information content (AvgIpc) is 3.34. The molecule has 39 heavy (non-hydrogen) atoms. The van der Waals surface area contributed by atoms with Crippen molar-refractivity contribution in [2.75, 3.05) is 69.0 Å². The van der Waals surface area contributed by atoms with Gasteiger partial charge in [-0.2, -0.15) is 0 Å². The van der Waals surface area contributed by atoms with Crippen LogP contribution in [0.1, 0.15) is 29.9 Å². The maximum absolute atomic E-state index is 13.0. The number of benzene rings is 1. The molecule has 1 aliphatic heterocycles. The second-order valence-electron chi connectivity index (χ2n) is 8.95. The van der Waals surface area contributed by atoms with Gasteiger partial charge in [0.1, 0.15) is 16.1 Å². The van der Waals surface area contributed by atoms with Gasteiger partial charge in [-0.05, 0) is 36.6 Å². The lowest BCUT2D eigenvalue weighted by Crippen LogP contribution is -2.49. The number of carbonyl (C=O) groups is 2. The predicted molar refractivity (Wildman–Crippen MR) is 159 cm³/mol. The van der Waals surface area contributed by atoms with E-state index in [4.69, 9.17) is 9.15 Å². The molecule has 0 atom stereocenters. The first-order valence-electron chi connectivity index (χ1n) is 13.0. The molecule has 4 rings (SSSR count). The van der Waals surface area contributed by atoms with Crippen LogP contribution in [0.4, 0.5) is 5.69 Å². The van der Waals surface area contributed by atoms with Gasteiger partial charge >= 0.3 is 5.97 Å². The lowest BCUT2D eigenvalue weighted by molar-refractivity contribution is -0.117. The number of nitrogens with zero attached hydrogens (tertiary/aromatic N) is 4. The minimum atomic E-state index is -0.434. The van der Waals surface area contributed by atoms with E-state index in [2.05, 4.69) is 45.0 Å². The third-order valence-corrected chi connectivity index (χ3v) is 8.78. The molecule has 210 valence electrons. The van der Waals surface area contributed by atoms with Crippen LogP contribution in [0.5, 0.6) is 0 Å². The number of methoxy groups -OCH3 is 1. The van der Waals surface area contributed by atoms with Crippen molar-refractivity contribution in [2.45, 2.75) is 35.9 Å². The number of fused-ring (bicyclic) bond motifs is 1. The molecular weight excluding hydrogens is 555 g/mol. The molecule has 1 aliphatic rings. The Bertz CT molecular complexity index is 1270. The normalized spacial score (nSPS) is 14.6. The minimum absolute atomic E-state index is 0.00264. The smallest absolute Gasteiger partial charge is 0.341 e. The number of thioether (sulfide) groups is 3. The van der Waals surface area contributed by atoms with E-state index in [1.54, 1.807) is 35.7 Å². The van der Waals surface area contributed by atoms with Crippen molar-refractivity contribution < 1.29 is 18.7 Å². The molecule has 0 saturated carbocycles. The van der Waals surface area contributed by atoms with Crippen molar-refractivity contribution in [1.82, 2.24) is 19.8 Å². The Morgan fingerprint density at radius 3 is 2.51 bits per heavy atom. The number of para-hydroxylation sites is 1. The molecule has 2 aromatic heterocycles. The van der Waals surface area contributed by atoms with Gasteiger partial charge in [-0.15, -0.1) is 23.5 Å². The highest BCUT2D eigenvalue weighted by Gasteiger charge is 2.22. The number of aryl methyl sites for hydroxylation is 1. The number of ether oxygens (including phenoxy) is 1. The molecule has 3 heterocycles. The zero-order valence-electron chi connectivity index (χ0n) is 22.8. The summed E-state index contributed by atoms with van der Waals surface area (Å²) in [5, 5.41) is 4.60. The summed E-state index contributed by atoms with van der Waals surface area (Å²) in [4.78, 5) is 39.8. The third kappa shape index (κ3) is 7.91. The number of nitrogens with one attached hydrogen (secondary N) is 1. The van der Waals surface area contributed by atoms with Crippen molar-refractivity contribution in [3.05, 3.63) is 35.5 Å². The van der Waals surface area contributed by atoms with Gasteiger partial charge in [0.25, 0.3) is 5.22 Å². The Labute approximate surface area is 242 Å². The lowest BCUT2D eigenvalue weighted by atomic mass is 10.2.